The highest BCUT2D eigenvalue weighted by molar-refractivity contribution is 9.10. The Hall–Kier alpha value is -2.87. The first-order valence-electron chi connectivity index (χ1n) is 10.4. The van der Waals surface area contributed by atoms with Gasteiger partial charge in [-0.05, 0) is 55.8 Å². The first-order chi connectivity index (χ1) is 16.4. The van der Waals surface area contributed by atoms with Gasteiger partial charge in [0, 0.05) is 15.1 Å². The van der Waals surface area contributed by atoms with Crippen LogP contribution in [0.4, 0.5) is 0 Å². The molecule has 0 N–H and O–H groups in total. The summed E-state index contributed by atoms with van der Waals surface area (Å²) in [5.74, 6) is 1.34. The first-order valence-corrected chi connectivity index (χ1v) is 12.0. The van der Waals surface area contributed by atoms with Crippen molar-refractivity contribution in [3.63, 3.8) is 0 Å². The number of fused-ring (bicyclic) bond motifs is 1. The van der Waals surface area contributed by atoms with Gasteiger partial charge in [0.1, 0.15) is 12.4 Å². The van der Waals surface area contributed by atoms with Gasteiger partial charge in [0.15, 0.2) is 11.5 Å². The van der Waals surface area contributed by atoms with Crippen LogP contribution in [0.3, 0.4) is 0 Å². The summed E-state index contributed by atoms with van der Waals surface area (Å²) in [6, 6.07) is 16.2. The zero-order valence-electron chi connectivity index (χ0n) is 18.4. The summed E-state index contributed by atoms with van der Waals surface area (Å²) in [5.41, 5.74) is 1.81. The molecule has 0 fully saturated rings. The monoisotopic (exact) mass is 559 g/mol. The molecule has 0 bridgehead atoms. The van der Waals surface area contributed by atoms with E-state index < -0.39 is 0 Å². The molecule has 4 aromatic rings. The Morgan fingerprint density at radius 1 is 1.09 bits per heavy atom. The number of hydrogen-bond donors (Lipinski definition) is 0. The smallest absolute Gasteiger partial charge is 0.282 e. The van der Waals surface area contributed by atoms with Gasteiger partial charge in [-0.25, -0.2) is 4.98 Å². The van der Waals surface area contributed by atoms with Gasteiger partial charge in [-0.1, -0.05) is 57.3 Å². The summed E-state index contributed by atoms with van der Waals surface area (Å²) in [6.07, 6.45) is 1.53. The van der Waals surface area contributed by atoms with Crippen molar-refractivity contribution in [1.82, 2.24) is 9.66 Å². The third-order valence-electron chi connectivity index (χ3n) is 4.95. The molecular weight excluding hydrogens is 541 g/mol. The van der Waals surface area contributed by atoms with Crippen LogP contribution in [0, 0.1) is 6.92 Å². The quantitative estimate of drug-likeness (QED) is 0.238. The highest BCUT2D eigenvalue weighted by Gasteiger charge is 2.14. The predicted octanol–water partition coefficient (Wildman–Crippen LogP) is 6.63. The van der Waals surface area contributed by atoms with E-state index in [1.54, 1.807) is 37.3 Å². The van der Waals surface area contributed by atoms with Gasteiger partial charge < -0.3 is 9.47 Å². The molecule has 4 rings (SSSR count). The highest BCUT2D eigenvalue weighted by atomic mass is 79.9. The van der Waals surface area contributed by atoms with Gasteiger partial charge in [-0.2, -0.15) is 9.78 Å². The van der Waals surface area contributed by atoms with Crippen molar-refractivity contribution in [3.8, 4) is 11.5 Å². The lowest BCUT2D eigenvalue weighted by Crippen LogP contribution is -2.20. The molecule has 0 aliphatic carbocycles. The van der Waals surface area contributed by atoms with Crippen molar-refractivity contribution in [3.05, 3.63) is 96.4 Å². The summed E-state index contributed by atoms with van der Waals surface area (Å²) < 4.78 is 13.7. The minimum Gasteiger partial charge on any atom is -0.490 e. The number of hydrogen-bond acceptors (Lipinski definition) is 5. The van der Waals surface area contributed by atoms with E-state index in [-0.39, 0.29) is 12.2 Å². The highest BCUT2D eigenvalue weighted by Crippen LogP contribution is 2.37. The number of aryl methyl sites for hydroxylation is 1. The molecule has 0 atom stereocenters. The fourth-order valence-electron chi connectivity index (χ4n) is 3.35. The average Bonchev–Trinajstić information content (AvgIpc) is 2.80. The Morgan fingerprint density at radius 2 is 1.88 bits per heavy atom. The standard InChI is InChI=1S/C25H20BrCl2N3O3/c1-3-33-23-11-16(10-21(28)24(23)34-14-17-6-4-5-7-20(17)27)13-29-31-15(2)30-22-9-8-18(26)12-19(22)25(31)32/h4-13H,3,14H2,1-2H3. The van der Waals surface area contributed by atoms with Crippen molar-refractivity contribution in [2.75, 3.05) is 6.61 Å². The lowest BCUT2D eigenvalue weighted by Gasteiger charge is -2.15. The second-order valence-electron chi connectivity index (χ2n) is 7.33. The lowest BCUT2D eigenvalue weighted by molar-refractivity contribution is 0.269. The largest absolute Gasteiger partial charge is 0.490 e. The van der Waals surface area contributed by atoms with Crippen LogP contribution < -0.4 is 15.0 Å². The van der Waals surface area contributed by atoms with Crippen LogP contribution >= 0.6 is 39.1 Å². The Kier molecular flexibility index (Phi) is 7.56. The predicted molar refractivity (Wildman–Crippen MR) is 140 cm³/mol. The lowest BCUT2D eigenvalue weighted by atomic mass is 10.2. The summed E-state index contributed by atoms with van der Waals surface area (Å²) in [5, 5.41) is 5.79. The fraction of sp³-hybridized carbons (Fsp3) is 0.160. The minimum absolute atomic E-state index is 0.236. The van der Waals surface area contributed by atoms with Crippen molar-refractivity contribution in [2.24, 2.45) is 5.10 Å². The van der Waals surface area contributed by atoms with E-state index in [1.807, 2.05) is 31.2 Å². The van der Waals surface area contributed by atoms with Crippen molar-refractivity contribution < 1.29 is 9.47 Å². The van der Waals surface area contributed by atoms with Gasteiger partial charge in [0.25, 0.3) is 5.56 Å². The van der Waals surface area contributed by atoms with Crippen molar-refractivity contribution >= 4 is 56.2 Å². The molecule has 0 saturated carbocycles. The number of benzene rings is 3. The number of ether oxygens (including phenoxy) is 2. The maximum absolute atomic E-state index is 13.0. The van der Waals surface area contributed by atoms with Crippen LogP contribution in [-0.2, 0) is 6.61 Å². The Labute approximate surface area is 214 Å². The van der Waals surface area contributed by atoms with E-state index in [2.05, 4.69) is 26.0 Å². The molecule has 0 aliphatic heterocycles. The molecule has 0 aliphatic rings. The van der Waals surface area contributed by atoms with E-state index in [1.165, 1.54) is 10.9 Å². The zero-order chi connectivity index (χ0) is 24.2. The molecule has 3 aromatic carbocycles. The third kappa shape index (κ3) is 5.27. The Balaban J connectivity index is 1.66. The average molecular weight is 561 g/mol. The van der Waals surface area contributed by atoms with E-state index in [0.29, 0.717) is 50.4 Å². The molecular formula is C25H20BrCl2N3O3. The molecule has 1 heterocycles. The van der Waals surface area contributed by atoms with Gasteiger partial charge in [0.2, 0.25) is 0 Å². The molecule has 0 amide bonds. The van der Waals surface area contributed by atoms with Gasteiger partial charge in [0.05, 0.1) is 28.7 Å². The van der Waals surface area contributed by atoms with Gasteiger partial charge in [-0.15, -0.1) is 0 Å². The number of halogens is 3. The molecule has 0 unspecified atom stereocenters. The third-order valence-corrected chi connectivity index (χ3v) is 6.10. The van der Waals surface area contributed by atoms with Crippen LogP contribution in [-0.4, -0.2) is 22.5 Å². The molecule has 34 heavy (non-hydrogen) atoms. The summed E-state index contributed by atoms with van der Waals surface area (Å²) >= 11 is 16.2. The maximum atomic E-state index is 13.0. The molecule has 1 aromatic heterocycles. The van der Waals surface area contributed by atoms with Crippen LogP contribution in [0.2, 0.25) is 10.0 Å². The van der Waals surface area contributed by atoms with E-state index in [4.69, 9.17) is 32.7 Å². The van der Waals surface area contributed by atoms with Crippen molar-refractivity contribution in [1.29, 1.82) is 0 Å². The molecule has 6 nitrogen and oxygen atoms in total. The molecule has 0 radical (unpaired) electrons. The summed E-state index contributed by atoms with van der Waals surface area (Å²) in [6.45, 7) is 4.25. The number of nitrogens with zero attached hydrogens (tertiary/aromatic N) is 3. The van der Waals surface area contributed by atoms with Gasteiger partial charge >= 0.3 is 0 Å². The van der Waals surface area contributed by atoms with Crippen LogP contribution in [0.5, 0.6) is 11.5 Å². The Morgan fingerprint density at radius 3 is 2.65 bits per heavy atom. The van der Waals surface area contributed by atoms with E-state index in [0.717, 1.165) is 10.0 Å². The normalized spacial score (nSPS) is 11.3. The van der Waals surface area contributed by atoms with E-state index >= 15 is 0 Å². The molecule has 9 heteroatoms. The van der Waals surface area contributed by atoms with Crippen molar-refractivity contribution in [2.45, 2.75) is 20.5 Å². The SMILES string of the molecule is CCOc1cc(C=Nn2c(C)nc3ccc(Br)cc3c2=O)cc(Cl)c1OCc1ccccc1Cl. The topological polar surface area (TPSA) is 65.7 Å². The maximum Gasteiger partial charge on any atom is 0.282 e. The second kappa shape index (κ2) is 10.6. The summed E-state index contributed by atoms with van der Waals surface area (Å²) in [7, 11) is 0. The van der Waals surface area contributed by atoms with Crippen LogP contribution in [0.15, 0.2) is 69.0 Å². The first kappa shape index (κ1) is 24.3. The number of aromatic nitrogens is 2. The van der Waals surface area contributed by atoms with Crippen LogP contribution in [0.1, 0.15) is 23.9 Å². The Bertz CT molecular complexity index is 1450. The number of rotatable bonds is 7. The molecule has 0 saturated heterocycles. The summed E-state index contributed by atoms with van der Waals surface area (Å²) in [4.78, 5) is 17.4. The second-order valence-corrected chi connectivity index (χ2v) is 9.06. The van der Waals surface area contributed by atoms with Gasteiger partial charge in [-0.3, -0.25) is 4.79 Å². The molecule has 0 spiro atoms. The van der Waals surface area contributed by atoms with Crippen LogP contribution in [0.25, 0.3) is 10.9 Å². The molecule has 174 valence electrons. The minimum atomic E-state index is -0.268. The van der Waals surface area contributed by atoms with E-state index in [9.17, 15) is 4.79 Å². The fourth-order valence-corrected chi connectivity index (χ4v) is 4.18. The zero-order valence-corrected chi connectivity index (χ0v) is 21.5.